The Morgan fingerprint density at radius 2 is 2.23 bits per heavy atom. The summed E-state index contributed by atoms with van der Waals surface area (Å²) in [6, 6.07) is 9.45. The second-order valence-electron chi connectivity index (χ2n) is 5.39. The average molecular weight is 362 g/mol. The molecule has 0 aromatic heterocycles. The topological polar surface area (TPSA) is 67.2 Å². The number of carbonyl (C=O) groups excluding carboxylic acids is 2. The normalized spacial score (nSPS) is 30.3. The van der Waals surface area contributed by atoms with Crippen LogP contribution in [0.4, 0.5) is 0 Å². The van der Waals surface area contributed by atoms with Gasteiger partial charge in [0.25, 0.3) is 0 Å². The molecule has 1 aromatic carbocycles. The van der Waals surface area contributed by atoms with E-state index in [4.69, 9.17) is 4.74 Å². The van der Waals surface area contributed by atoms with Crippen LogP contribution in [0.25, 0.3) is 0 Å². The van der Waals surface area contributed by atoms with Crippen LogP contribution in [0.15, 0.2) is 41.4 Å². The molecule has 114 valence electrons. The summed E-state index contributed by atoms with van der Waals surface area (Å²) in [6.07, 6.45) is 2.69. The van der Waals surface area contributed by atoms with Crippen molar-refractivity contribution in [1.29, 1.82) is 5.26 Å². The Morgan fingerprint density at radius 1 is 1.55 bits per heavy atom. The summed E-state index contributed by atoms with van der Waals surface area (Å²) in [5, 5.41) is 9.75. The fraction of sp³-hybridized carbons (Fsp3) is 0.353. The lowest BCUT2D eigenvalue weighted by atomic mass is 9.73. The summed E-state index contributed by atoms with van der Waals surface area (Å²) in [5.41, 5.74) is -0.626. The summed E-state index contributed by atoms with van der Waals surface area (Å²) in [5.74, 6) is -1.91. The first-order valence-electron chi connectivity index (χ1n) is 6.87. The van der Waals surface area contributed by atoms with Crippen LogP contribution in [-0.2, 0) is 14.3 Å². The van der Waals surface area contributed by atoms with E-state index in [0.29, 0.717) is 0 Å². The predicted octanol–water partition coefficient (Wildman–Crippen LogP) is 3.24. The first-order chi connectivity index (χ1) is 10.6. The van der Waals surface area contributed by atoms with Crippen molar-refractivity contribution in [3.8, 4) is 6.07 Å². The Kier molecular flexibility index (Phi) is 4.82. The van der Waals surface area contributed by atoms with E-state index in [0.717, 1.165) is 16.3 Å². The molecule has 0 N–H and O–H groups in total. The van der Waals surface area contributed by atoms with Gasteiger partial charge in [0.15, 0.2) is 5.41 Å². The lowest BCUT2D eigenvalue weighted by Crippen LogP contribution is -2.35. The lowest BCUT2D eigenvalue weighted by Gasteiger charge is -2.28. The van der Waals surface area contributed by atoms with Gasteiger partial charge in [0.05, 0.1) is 13.2 Å². The molecule has 0 heterocycles. The molecule has 1 fully saturated rings. The molecule has 0 unspecified atom stereocenters. The number of nitrogens with zero attached hydrogens (tertiary/aromatic N) is 1. The standard InChI is InChI=1S/C17H16BrNO3/c1-3-11-8-17(10-19,16(21)22-2)15(13(11)9-20)12-6-4-5-7-14(12)18/h3-7,9,11,13,15H,1,8H2,2H3/t11-,13-,15+,17-/m0/s1. The summed E-state index contributed by atoms with van der Waals surface area (Å²) < 4.78 is 5.64. The van der Waals surface area contributed by atoms with Crippen LogP contribution >= 0.6 is 15.9 Å². The van der Waals surface area contributed by atoms with Gasteiger partial charge in [-0.2, -0.15) is 5.26 Å². The fourth-order valence-electron chi connectivity index (χ4n) is 3.38. The first kappa shape index (κ1) is 16.4. The van der Waals surface area contributed by atoms with E-state index >= 15 is 0 Å². The van der Waals surface area contributed by atoms with Gasteiger partial charge >= 0.3 is 5.97 Å². The van der Waals surface area contributed by atoms with Gasteiger partial charge in [0.1, 0.15) is 6.29 Å². The number of rotatable bonds is 4. The number of methoxy groups -OCH3 is 1. The van der Waals surface area contributed by atoms with Crippen molar-refractivity contribution in [2.75, 3.05) is 7.11 Å². The van der Waals surface area contributed by atoms with Crippen LogP contribution in [0.3, 0.4) is 0 Å². The highest BCUT2D eigenvalue weighted by Crippen LogP contribution is 2.56. The van der Waals surface area contributed by atoms with Crippen LogP contribution < -0.4 is 0 Å². The number of halogens is 1. The number of carbonyl (C=O) groups is 2. The minimum atomic E-state index is -1.39. The maximum atomic E-state index is 12.4. The molecule has 1 saturated carbocycles. The number of hydrogen-bond donors (Lipinski definition) is 0. The maximum absolute atomic E-state index is 12.4. The molecule has 4 nitrogen and oxygen atoms in total. The predicted molar refractivity (Wildman–Crippen MR) is 84.8 cm³/mol. The number of aldehydes is 1. The largest absolute Gasteiger partial charge is 0.468 e. The van der Waals surface area contributed by atoms with E-state index in [9.17, 15) is 14.9 Å². The number of esters is 1. The highest BCUT2D eigenvalue weighted by molar-refractivity contribution is 9.10. The third-order valence-corrected chi connectivity index (χ3v) is 5.14. The Bertz CT molecular complexity index is 652. The maximum Gasteiger partial charge on any atom is 0.326 e. The second-order valence-corrected chi connectivity index (χ2v) is 6.25. The van der Waals surface area contributed by atoms with E-state index in [-0.39, 0.29) is 12.3 Å². The minimum absolute atomic E-state index is 0.231. The third kappa shape index (κ3) is 2.38. The Hall–Kier alpha value is -1.93. The summed E-state index contributed by atoms with van der Waals surface area (Å²) in [4.78, 5) is 24.0. The Morgan fingerprint density at radius 3 is 2.73 bits per heavy atom. The van der Waals surface area contributed by atoms with Crippen molar-refractivity contribution in [1.82, 2.24) is 0 Å². The molecular weight excluding hydrogens is 346 g/mol. The molecule has 2 rings (SSSR count). The summed E-state index contributed by atoms with van der Waals surface area (Å²) in [7, 11) is 1.26. The Balaban J connectivity index is 2.69. The SMILES string of the molecule is C=C[C@H]1C[C@@](C#N)(C(=O)OC)[C@H](c2ccccc2Br)[C@H]1C=O. The Labute approximate surface area is 137 Å². The quantitative estimate of drug-likeness (QED) is 0.469. The molecule has 0 saturated heterocycles. The fourth-order valence-corrected chi connectivity index (χ4v) is 3.92. The molecule has 0 radical (unpaired) electrons. The molecule has 0 amide bonds. The van der Waals surface area contributed by atoms with Crippen molar-refractivity contribution >= 4 is 28.2 Å². The molecular formula is C17H16BrNO3. The summed E-state index contributed by atoms with van der Waals surface area (Å²) >= 11 is 3.45. The van der Waals surface area contributed by atoms with Crippen LogP contribution in [0.5, 0.6) is 0 Å². The zero-order valence-corrected chi connectivity index (χ0v) is 13.7. The number of ether oxygens (including phenoxy) is 1. The molecule has 1 aliphatic carbocycles. The van der Waals surface area contributed by atoms with E-state index < -0.39 is 23.2 Å². The van der Waals surface area contributed by atoms with E-state index in [1.54, 1.807) is 6.08 Å². The molecule has 22 heavy (non-hydrogen) atoms. The highest BCUT2D eigenvalue weighted by Gasteiger charge is 2.59. The van der Waals surface area contributed by atoms with Crippen molar-refractivity contribution in [3.05, 3.63) is 47.0 Å². The van der Waals surface area contributed by atoms with Crippen molar-refractivity contribution in [2.45, 2.75) is 12.3 Å². The molecule has 5 heteroatoms. The monoisotopic (exact) mass is 361 g/mol. The molecule has 0 bridgehead atoms. The number of benzene rings is 1. The zero-order valence-electron chi connectivity index (χ0n) is 12.2. The molecule has 0 aliphatic heterocycles. The van der Waals surface area contributed by atoms with Crippen LogP contribution in [-0.4, -0.2) is 19.4 Å². The highest BCUT2D eigenvalue weighted by atomic mass is 79.9. The number of hydrogen-bond acceptors (Lipinski definition) is 4. The molecule has 0 spiro atoms. The van der Waals surface area contributed by atoms with Crippen LogP contribution in [0.2, 0.25) is 0 Å². The van der Waals surface area contributed by atoms with Gasteiger partial charge in [0.2, 0.25) is 0 Å². The zero-order chi connectivity index (χ0) is 16.3. The summed E-state index contributed by atoms with van der Waals surface area (Å²) in [6.45, 7) is 3.74. The lowest BCUT2D eigenvalue weighted by molar-refractivity contribution is -0.150. The van der Waals surface area contributed by atoms with Gasteiger partial charge in [-0.05, 0) is 24.0 Å². The van der Waals surface area contributed by atoms with Crippen molar-refractivity contribution in [2.24, 2.45) is 17.3 Å². The van der Waals surface area contributed by atoms with Crippen molar-refractivity contribution < 1.29 is 14.3 Å². The van der Waals surface area contributed by atoms with Gasteiger partial charge in [0, 0.05) is 16.3 Å². The van der Waals surface area contributed by atoms with Gasteiger partial charge in [-0.25, -0.2) is 0 Å². The minimum Gasteiger partial charge on any atom is -0.468 e. The first-order valence-corrected chi connectivity index (χ1v) is 7.67. The van der Waals surface area contributed by atoms with Crippen LogP contribution in [0, 0.1) is 28.6 Å². The number of allylic oxidation sites excluding steroid dienone is 1. The average Bonchev–Trinajstić information content (AvgIpc) is 2.89. The van der Waals surface area contributed by atoms with E-state index in [1.165, 1.54) is 7.11 Å². The molecule has 1 aliphatic rings. The van der Waals surface area contributed by atoms with Gasteiger partial charge in [-0.1, -0.05) is 40.2 Å². The number of nitriles is 1. The van der Waals surface area contributed by atoms with E-state index in [1.807, 2.05) is 24.3 Å². The van der Waals surface area contributed by atoms with Crippen LogP contribution in [0.1, 0.15) is 17.9 Å². The molecule has 4 atom stereocenters. The molecule has 1 aromatic rings. The second kappa shape index (κ2) is 6.45. The smallest absolute Gasteiger partial charge is 0.326 e. The van der Waals surface area contributed by atoms with E-state index in [2.05, 4.69) is 28.6 Å². The third-order valence-electron chi connectivity index (χ3n) is 4.42. The van der Waals surface area contributed by atoms with Gasteiger partial charge in [-0.3, -0.25) is 4.79 Å². The van der Waals surface area contributed by atoms with Gasteiger partial charge < -0.3 is 9.53 Å². The van der Waals surface area contributed by atoms with Gasteiger partial charge in [-0.15, -0.1) is 6.58 Å². The van der Waals surface area contributed by atoms with Crippen molar-refractivity contribution in [3.63, 3.8) is 0 Å².